The SMILES string of the molecule is O=C(c1cnc(NC2Cc3cccc(Cl)c3C2)nc1)N1CCCOC1. The summed E-state index contributed by atoms with van der Waals surface area (Å²) < 4.78 is 5.32. The van der Waals surface area contributed by atoms with E-state index in [4.69, 9.17) is 16.3 Å². The van der Waals surface area contributed by atoms with Gasteiger partial charge in [0, 0.05) is 30.0 Å². The van der Waals surface area contributed by atoms with Gasteiger partial charge in [-0.2, -0.15) is 0 Å². The summed E-state index contributed by atoms with van der Waals surface area (Å²) in [7, 11) is 0. The molecule has 2 heterocycles. The maximum Gasteiger partial charge on any atom is 0.258 e. The number of hydrogen-bond acceptors (Lipinski definition) is 5. The van der Waals surface area contributed by atoms with Gasteiger partial charge in [0.15, 0.2) is 0 Å². The summed E-state index contributed by atoms with van der Waals surface area (Å²) in [5.74, 6) is 0.437. The van der Waals surface area contributed by atoms with Crippen molar-refractivity contribution in [3.8, 4) is 0 Å². The third-order valence-corrected chi connectivity index (χ3v) is 4.97. The largest absolute Gasteiger partial charge is 0.361 e. The van der Waals surface area contributed by atoms with Crippen LogP contribution in [0.2, 0.25) is 5.02 Å². The molecular formula is C18H19ClN4O2. The number of ether oxygens (including phenoxy) is 1. The molecule has 1 aromatic carbocycles. The fraction of sp³-hybridized carbons (Fsp3) is 0.389. The molecule has 1 N–H and O–H groups in total. The number of nitrogens with one attached hydrogen (secondary N) is 1. The molecule has 1 fully saturated rings. The van der Waals surface area contributed by atoms with Crippen LogP contribution in [0.1, 0.15) is 27.9 Å². The number of hydrogen-bond donors (Lipinski definition) is 1. The molecule has 0 saturated carbocycles. The number of nitrogens with zero attached hydrogens (tertiary/aromatic N) is 3. The molecular weight excluding hydrogens is 340 g/mol. The van der Waals surface area contributed by atoms with E-state index in [1.807, 2.05) is 12.1 Å². The lowest BCUT2D eigenvalue weighted by Gasteiger charge is -2.26. The number of halogens is 1. The second kappa shape index (κ2) is 6.98. The lowest BCUT2D eigenvalue weighted by Crippen LogP contribution is -2.38. The molecule has 0 spiro atoms. The number of carbonyl (C=O) groups is 1. The van der Waals surface area contributed by atoms with Crippen molar-refractivity contribution in [3.63, 3.8) is 0 Å². The number of aromatic nitrogens is 2. The Morgan fingerprint density at radius 2 is 2.12 bits per heavy atom. The summed E-state index contributed by atoms with van der Waals surface area (Å²) in [6, 6.07) is 6.22. The zero-order valence-electron chi connectivity index (χ0n) is 13.7. The third-order valence-electron chi connectivity index (χ3n) is 4.62. The summed E-state index contributed by atoms with van der Waals surface area (Å²) in [6.07, 6.45) is 5.74. The highest BCUT2D eigenvalue weighted by Gasteiger charge is 2.24. The first-order valence-corrected chi connectivity index (χ1v) is 8.80. The van der Waals surface area contributed by atoms with E-state index < -0.39 is 0 Å². The Morgan fingerprint density at radius 3 is 2.84 bits per heavy atom. The topological polar surface area (TPSA) is 67.4 Å². The average Bonchev–Trinajstić information content (AvgIpc) is 3.06. The molecule has 1 saturated heterocycles. The van der Waals surface area contributed by atoms with E-state index in [1.165, 1.54) is 11.1 Å². The predicted octanol–water partition coefficient (Wildman–Crippen LogP) is 2.53. The van der Waals surface area contributed by atoms with Crippen molar-refractivity contribution in [2.24, 2.45) is 0 Å². The van der Waals surface area contributed by atoms with Crippen molar-refractivity contribution in [1.82, 2.24) is 14.9 Å². The smallest absolute Gasteiger partial charge is 0.258 e. The molecule has 1 amide bonds. The minimum Gasteiger partial charge on any atom is -0.361 e. The van der Waals surface area contributed by atoms with Gasteiger partial charge in [0.25, 0.3) is 5.91 Å². The van der Waals surface area contributed by atoms with E-state index in [9.17, 15) is 4.79 Å². The molecule has 1 aliphatic carbocycles. The van der Waals surface area contributed by atoms with E-state index in [0.717, 1.165) is 24.3 Å². The van der Waals surface area contributed by atoms with Crippen molar-refractivity contribution >= 4 is 23.5 Å². The van der Waals surface area contributed by atoms with E-state index in [-0.39, 0.29) is 11.9 Å². The molecule has 0 bridgehead atoms. The van der Waals surface area contributed by atoms with Crippen molar-refractivity contribution in [2.45, 2.75) is 25.3 Å². The molecule has 1 aromatic heterocycles. The van der Waals surface area contributed by atoms with Crippen LogP contribution in [0.3, 0.4) is 0 Å². The van der Waals surface area contributed by atoms with Crippen molar-refractivity contribution in [2.75, 3.05) is 25.2 Å². The van der Waals surface area contributed by atoms with Gasteiger partial charge in [0.2, 0.25) is 5.95 Å². The van der Waals surface area contributed by atoms with Crippen LogP contribution < -0.4 is 5.32 Å². The summed E-state index contributed by atoms with van der Waals surface area (Å²) in [4.78, 5) is 22.6. The van der Waals surface area contributed by atoms with E-state index in [0.29, 0.717) is 31.4 Å². The highest BCUT2D eigenvalue weighted by molar-refractivity contribution is 6.31. The molecule has 2 aliphatic rings. The minimum atomic E-state index is -0.0914. The molecule has 2 aromatic rings. The summed E-state index contributed by atoms with van der Waals surface area (Å²) >= 11 is 6.26. The Bertz CT molecular complexity index is 775. The van der Waals surface area contributed by atoms with Crippen molar-refractivity contribution in [3.05, 3.63) is 52.3 Å². The van der Waals surface area contributed by atoms with Crippen LogP contribution in [0.4, 0.5) is 5.95 Å². The van der Waals surface area contributed by atoms with Crippen LogP contribution in [0.15, 0.2) is 30.6 Å². The fourth-order valence-electron chi connectivity index (χ4n) is 3.34. The monoisotopic (exact) mass is 358 g/mol. The number of fused-ring (bicyclic) bond motifs is 1. The summed E-state index contributed by atoms with van der Waals surface area (Å²) in [5.41, 5.74) is 2.94. The van der Waals surface area contributed by atoms with Gasteiger partial charge in [-0.25, -0.2) is 9.97 Å². The number of carbonyl (C=O) groups excluding carboxylic acids is 1. The van der Waals surface area contributed by atoms with E-state index in [1.54, 1.807) is 17.3 Å². The number of anilines is 1. The lowest BCUT2D eigenvalue weighted by molar-refractivity contribution is -0.00575. The van der Waals surface area contributed by atoms with Gasteiger partial charge < -0.3 is 15.0 Å². The molecule has 25 heavy (non-hydrogen) atoms. The average molecular weight is 359 g/mol. The first kappa shape index (κ1) is 16.3. The van der Waals surface area contributed by atoms with Crippen molar-refractivity contribution < 1.29 is 9.53 Å². The number of amides is 1. The Kier molecular flexibility index (Phi) is 4.55. The third kappa shape index (κ3) is 3.45. The van der Waals surface area contributed by atoms with Crippen LogP contribution in [0.5, 0.6) is 0 Å². The van der Waals surface area contributed by atoms with Gasteiger partial charge in [-0.05, 0) is 36.5 Å². The van der Waals surface area contributed by atoms with Crippen LogP contribution in [-0.4, -0.2) is 46.7 Å². The summed E-state index contributed by atoms with van der Waals surface area (Å²) in [6.45, 7) is 1.75. The Hall–Kier alpha value is -2.18. The summed E-state index contributed by atoms with van der Waals surface area (Å²) in [5, 5.41) is 4.14. The Morgan fingerprint density at radius 1 is 1.28 bits per heavy atom. The minimum absolute atomic E-state index is 0.0914. The first-order valence-electron chi connectivity index (χ1n) is 8.42. The Balaban J connectivity index is 1.40. The Labute approximate surface area is 151 Å². The molecule has 4 rings (SSSR count). The van der Waals surface area contributed by atoms with E-state index in [2.05, 4.69) is 21.4 Å². The molecule has 7 heteroatoms. The molecule has 1 unspecified atom stereocenters. The molecule has 1 aliphatic heterocycles. The van der Waals surface area contributed by atoms with Gasteiger partial charge >= 0.3 is 0 Å². The zero-order chi connectivity index (χ0) is 17.2. The normalized spacial score (nSPS) is 19.6. The van der Waals surface area contributed by atoms with Crippen molar-refractivity contribution in [1.29, 1.82) is 0 Å². The molecule has 0 radical (unpaired) electrons. The highest BCUT2D eigenvalue weighted by atomic mass is 35.5. The van der Waals surface area contributed by atoms with Gasteiger partial charge in [-0.1, -0.05) is 23.7 Å². The van der Waals surface area contributed by atoms with Gasteiger partial charge in [-0.3, -0.25) is 4.79 Å². The van der Waals surface area contributed by atoms with Crippen LogP contribution in [-0.2, 0) is 17.6 Å². The maximum absolute atomic E-state index is 12.4. The second-order valence-corrected chi connectivity index (χ2v) is 6.79. The fourth-order valence-corrected chi connectivity index (χ4v) is 3.62. The van der Waals surface area contributed by atoms with Gasteiger partial charge in [-0.15, -0.1) is 0 Å². The highest BCUT2D eigenvalue weighted by Crippen LogP contribution is 2.29. The number of rotatable bonds is 3. The molecule has 1 atom stereocenters. The van der Waals surface area contributed by atoms with Gasteiger partial charge in [0.1, 0.15) is 6.73 Å². The standard InChI is InChI=1S/C18H19ClN4O2/c19-16-4-1-3-12-7-14(8-15(12)16)22-18-20-9-13(10-21-18)17(24)23-5-2-6-25-11-23/h1,3-4,9-10,14H,2,5-8,11H2,(H,20,21,22). The molecule has 6 nitrogen and oxygen atoms in total. The van der Waals surface area contributed by atoms with Crippen LogP contribution in [0, 0.1) is 0 Å². The predicted molar refractivity (Wildman–Crippen MR) is 94.8 cm³/mol. The lowest BCUT2D eigenvalue weighted by atomic mass is 10.1. The quantitative estimate of drug-likeness (QED) is 0.913. The maximum atomic E-state index is 12.4. The number of benzene rings is 1. The zero-order valence-corrected chi connectivity index (χ0v) is 14.5. The molecule has 130 valence electrons. The van der Waals surface area contributed by atoms with Crippen LogP contribution in [0.25, 0.3) is 0 Å². The second-order valence-electron chi connectivity index (χ2n) is 6.38. The first-order chi connectivity index (χ1) is 12.2. The van der Waals surface area contributed by atoms with E-state index >= 15 is 0 Å². The van der Waals surface area contributed by atoms with Gasteiger partial charge in [0.05, 0.1) is 12.2 Å². The van der Waals surface area contributed by atoms with Crippen LogP contribution >= 0.6 is 11.6 Å².